The molecule has 2 aliphatic heterocycles. The van der Waals surface area contributed by atoms with Gasteiger partial charge in [0.25, 0.3) is 0 Å². The van der Waals surface area contributed by atoms with Gasteiger partial charge in [0, 0.05) is 50.2 Å². The van der Waals surface area contributed by atoms with E-state index >= 15 is 0 Å². The lowest BCUT2D eigenvalue weighted by molar-refractivity contribution is -0.133. The summed E-state index contributed by atoms with van der Waals surface area (Å²) in [4.78, 5) is 24.6. The van der Waals surface area contributed by atoms with Crippen molar-refractivity contribution in [2.75, 3.05) is 46.3 Å². The smallest absolute Gasteiger partial charge is 0.226 e. The summed E-state index contributed by atoms with van der Waals surface area (Å²) < 4.78 is 2.14. The summed E-state index contributed by atoms with van der Waals surface area (Å²) in [7, 11) is 2.15. The van der Waals surface area contributed by atoms with Gasteiger partial charge in [-0.3, -0.25) is 9.69 Å². The first kappa shape index (κ1) is 21.0. The van der Waals surface area contributed by atoms with E-state index in [2.05, 4.69) is 49.6 Å². The topological polar surface area (TPSA) is 44.6 Å². The Hall–Kier alpha value is -1.89. The number of amides is 1. The lowest BCUT2D eigenvalue weighted by Crippen LogP contribution is -2.39. The van der Waals surface area contributed by atoms with Gasteiger partial charge in [0.15, 0.2) is 0 Å². The van der Waals surface area contributed by atoms with Crippen LogP contribution in [0, 0.1) is 11.3 Å². The van der Waals surface area contributed by atoms with Crippen molar-refractivity contribution in [2.45, 2.75) is 32.2 Å². The molecule has 0 bridgehead atoms. The third-order valence-electron chi connectivity index (χ3n) is 7.55. The van der Waals surface area contributed by atoms with Gasteiger partial charge in [0.05, 0.1) is 5.02 Å². The van der Waals surface area contributed by atoms with Crippen molar-refractivity contribution in [1.29, 1.82) is 0 Å². The van der Waals surface area contributed by atoms with Crippen LogP contribution in [0.4, 0.5) is 0 Å². The molecule has 0 N–H and O–H groups in total. The third-order valence-corrected chi connectivity index (χ3v) is 7.77. The molecule has 3 fully saturated rings. The minimum Gasteiger partial charge on any atom is -0.341 e. The van der Waals surface area contributed by atoms with E-state index in [1.54, 1.807) is 6.20 Å². The van der Waals surface area contributed by atoms with E-state index in [0.29, 0.717) is 10.9 Å². The Morgan fingerprint density at radius 2 is 1.97 bits per heavy atom. The van der Waals surface area contributed by atoms with Crippen molar-refractivity contribution >= 4 is 17.5 Å². The summed E-state index contributed by atoms with van der Waals surface area (Å²) >= 11 is 5.99. The number of piperidine rings is 1. The fraction of sp³-hybridized carbons (Fsp3) is 0.583. The fourth-order valence-electron chi connectivity index (χ4n) is 5.40. The Morgan fingerprint density at radius 1 is 1.13 bits per heavy atom. The molecule has 0 radical (unpaired) electrons. The van der Waals surface area contributed by atoms with E-state index in [1.807, 2.05) is 12.1 Å². The van der Waals surface area contributed by atoms with Gasteiger partial charge in [-0.15, -0.1) is 0 Å². The van der Waals surface area contributed by atoms with Crippen LogP contribution in [-0.2, 0) is 11.3 Å². The Kier molecular flexibility index (Phi) is 5.80. The van der Waals surface area contributed by atoms with Crippen LogP contribution in [-0.4, -0.2) is 76.5 Å². The van der Waals surface area contributed by atoms with Gasteiger partial charge in [0.1, 0.15) is 5.82 Å². The molecule has 3 aliphatic rings. The monoisotopic (exact) mass is 441 g/mol. The molecule has 1 saturated carbocycles. The second-order valence-corrected chi connectivity index (χ2v) is 10.0. The van der Waals surface area contributed by atoms with Crippen molar-refractivity contribution in [3.05, 3.63) is 47.4 Å². The van der Waals surface area contributed by atoms with Gasteiger partial charge in [-0.1, -0.05) is 11.6 Å². The van der Waals surface area contributed by atoms with Crippen LogP contribution >= 0.6 is 11.6 Å². The van der Waals surface area contributed by atoms with Crippen LogP contribution in [0.15, 0.2) is 36.7 Å². The standard InChI is InChI=1S/C24H32ClN5O/c1-27-9-3-10-29(15-14-27)23(31)21-16-24(21)7-12-28(13-8-24)18-20-4-2-11-30(20)22-6-5-19(25)17-26-22/h2,4-6,11,17,21H,3,7-10,12-16,18H2,1H3/t21-/m0/s1. The number of hydrogen-bond donors (Lipinski definition) is 0. The molecule has 2 aromatic heterocycles. The number of rotatable bonds is 4. The second-order valence-electron chi connectivity index (χ2n) is 9.58. The fourth-order valence-corrected chi connectivity index (χ4v) is 5.51. The summed E-state index contributed by atoms with van der Waals surface area (Å²) in [6, 6.07) is 8.08. The lowest BCUT2D eigenvalue weighted by Gasteiger charge is -2.33. The molecule has 31 heavy (non-hydrogen) atoms. The van der Waals surface area contributed by atoms with Gasteiger partial charge in [-0.25, -0.2) is 4.98 Å². The van der Waals surface area contributed by atoms with E-state index in [-0.39, 0.29) is 11.3 Å². The summed E-state index contributed by atoms with van der Waals surface area (Å²) in [6.45, 7) is 6.95. The van der Waals surface area contributed by atoms with Crippen LogP contribution in [0.5, 0.6) is 0 Å². The maximum atomic E-state index is 13.1. The number of likely N-dealkylation sites (tertiary alicyclic amines) is 1. The molecule has 166 valence electrons. The average molecular weight is 442 g/mol. The van der Waals surface area contributed by atoms with Crippen LogP contribution in [0.25, 0.3) is 5.82 Å². The molecule has 0 unspecified atom stereocenters. The summed E-state index contributed by atoms with van der Waals surface area (Å²) in [5.74, 6) is 1.58. The zero-order chi connectivity index (χ0) is 21.4. The number of carbonyl (C=O) groups is 1. The van der Waals surface area contributed by atoms with E-state index < -0.39 is 0 Å². The zero-order valence-corrected chi connectivity index (χ0v) is 19.1. The minimum atomic E-state index is 0.264. The number of halogens is 1. The molecule has 4 heterocycles. The molecule has 7 heteroatoms. The molecule has 2 saturated heterocycles. The number of hydrogen-bond acceptors (Lipinski definition) is 4. The van der Waals surface area contributed by atoms with Crippen molar-refractivity contribution in [2.24, 2.45) is 11.3 Å². The van der Waals surface area contributed by atoms with Gasteiger partial charge in [-0.2, -0.15) is 0 Å². The minimum absolute atomic E-state index is 0.264. The highest BCUT2D eigenvalue weighted by Crippen LogP contribution is 2.60. The van der Waals surface area contributed by atoms with Crippen LogP contribution in [0.3, 0.4) is 0 Å². The number of carbonyl (C=O) groups excluding carboxylic acids is 1. The Bertz CT molecular complexity index is 918. The molecule has 5 rings (SSSR count). The van der Waals surface area contributed by atoms with Crippen molar-refractivity contribution < 1.29 is 4.79 Å². The molecule has 1 amide bonds. The first-order valence-electron chi connectivity index (χ1n) is 11.5. The highest BCUT2D eigenvalue weighted by atomic mass is 35.5. The van der Waals surface area contributed by atoms with E-state index in [9.17, 15) is 4.79 Å². The molecule has 6 nitrogen and oxygen atoms in total. The van der Waals surface area contributed by atoms with Crippen LogP contribution in [0.1, 0.15) is 31.4 Å². The predicted octanol–water partition coefficient (Wildman–Crippen LogP) is 3.29. The predicted molar refractivity (Wildman–Crippen MR) is 122 cm³/mol. The molecule has 1 aliphatic carbocycles. The van der Waals surface area contributed by atoms with E-state index in [1.165, 1.54) is 5.69 Å². The average Bonchev–Trinajstić information content (AvgIpc) is 3.36. The highest BCUT2D eigenvalue weighted by Gasteiger charge is 2.59. The SMILES string of the molecule is CN1CCCN(C(=O)[C@@H]2CC23CCN(Cc2cccn2-c2ccc(Cl)cn2)CC3)CC1. The Labute approximate surface area is 189 Å². The van der Waals surface area contributed by atoms with Crippen LogP contribution in [0.2, 0.25) is 5.02 Å². The normalized spacial score (nSPS) is 24.3. The number of nitrogens with zero attached hydrogens (tertiary/aromatic N) is 5. The van der Waals surface area contributed by atoms with Crippen molar-refractivity contribution in [3.63, 3.8) is 0 Å². The largest absolute Gasteiger partial charge is 0.341 e. The van der Waals surface area contributed by atoms with Gasteiger partial charge < -0.3 is 14.4 Å². The highest BCUT2D eigenvalue weighted by molar-refractivity contribution is 6.30. The van der Waals surface area contributed by atoms with E-state index in [4.69, 9.17) is 11.6 Å². The summed E-state index contributed by atoms with van der Waals surface area (Å²) in [6.07, 6.45) is 8.21. The van der Waals surface area contributed by atoms with Gasteiger partial charge in [0.2, 0.25) is 5.91 Å². The number of likely N-dealkylation sites (N-methyl/N-ethyl adjacent to an activating group) is 1. The molecular weight excluding hydrogens is 410 g/mol. The molecule has 0 aromatic carbocycles. The van der Waals surface area contributed by atoms with Gasteiger partial charge >= 0.3 is 0 Å². The molecular formula is C24H32ClN5O. The molecule has 2 aromatic rings. The second kappa shape index (κ2) is 8.57. The molecule has 1 atom stereocenters. The summed E-state index contributed by atoms with van der Waals surface area (Å²) in [5.41, 5.74) is 1.51. The molecule has 1 spiro atoms. The van der Waals surface area contributed by atoms with Crippen molar-refractivity contribution in [3.8, 4) is 5.82 Å². The van der Waals surface area contributed by atoms with Crippen LogP contribution < -0.4 is 0 Å². The Balaban J connectivity index is 1.16. The lowest BCUT2D eigenvalue weighted by atomic mass is 9.90. The summed E-state index contributed by atoms with van der Waals surface area (Å²) in [5, 5.41) is 0.652. The first-order valence-corrected chi connectivity index (χ1v) is 11.9. The van der Waals surface area contributed by atoms with E-state index in [0.717, 1.165) is 77.3 Å². The van der Waals surface area contributed by atoms with Gasteiger partial charge in [-0.05, 0) is 82.0 Å². The number of aromatic nitrogens is 2. The van der Waals surface area contributed by atoms with Crippen molar-refractivity contribution in [1.82, 2.24) is 24.3 Å². The number of pyridine rings is 1. The first-order chi connectivity index (χ1) is 15.0. The maximum absolute atomic E-state index is 13.1. The maximum Gasteiger partial charge on any atom is 0.226 e. The zero-order valence-electron chi connectivity index (χ0n) is 18.3. The third kappa shape index (κ3) is 4.38. The Morgan fingerprint density at radius 3 is 2.74 bits per heavy atom. The quantitative estimate of drug-likeness (QED) is 0.730.